The van der Waals surface area contributed by atoms with Crippen LogP contribution in [0, 0.1) is 0 Å². The van der Waals surface area contributed by atoms with Crippen molar-refractivity contribution in [3.05, 3.63) is 77.0 Å². The smallest absolute Gasteiger partial charge is 0.336 e. The molecule has 7 N–H and O–H groups in total. The van der Waals surface area contributed by atoms with Crippen molar-refractivity contribution in [1.29, 1.82) is 0 Å². The number of aromatic carboxylic acids is 1. The van der Waals surface area contributed by atoms with Gasteiger partial charge in [-0.25, -0.2) is 4.79 Å². The minimum Gasteiger partial charge on any atom is -0.478 e. The molecule has 2 aliphatic heterocycles. The Balaban J connectivity index is 1.85. The maximum Gasteiger partial charge on any atom is 0.336 e. The van der Waals surface area contributed by atoms with Crippen LogP contribution >= 0.6 is 0 Å². The van der Waals surface area contributed by atoms with Crippen molar-refractivity contribution in [3.8, 4) is 0 Å². The summed E-state index contributed by atoms with van der Waals surface area (Å²) in [6.45, 7) is 3.59. The first-order valence-corrected chi connectivity index (χ1v) is 26.7. The molecule has 0 saturated carbocycles. The van der Waals surface area contributed by atoms with Gasteiger partial charge in [0.1, 0.15) is 16.9 Å². The largest absolute Gasteiger partial charge is 0.478 e. The molecule has 3 aromatic rings. The molecule has 62 heavy (non-hydrogen) atoms. The Morgan fingerprint density at radius 2 is 1.26 bits per heavy atom. The summed E-state index contributed by atoms with van der Waals surface area (Å²) >= 11 is 0. The summed E-state index contributed by atoms with van der Waals surface area (Å²) in [6, 6.07) is 5.23. The van der Waals surface area contributed by atoms with E-state index in [4.69, 9.17) is 0 Å². The van der Waals surface area contributed by atoms with E-state index in [2.05, 4.69) is 0 Å². The third-order valence-electron chi connectivity index (χ3n) is 10.3. The fourth-order valence-electron chi connectivity index (χ4n) is 8.08. The summed E-state index contributed by atoms with van der Waals surface area (Å²) in [6.07, 6.45) is 3.15. The van der Waals surface area contributed by atoms with Crippen molar-refractivity contribution in [2.75, 3.05) is 35.2 Å². The number of fused-ring (bicyclic) bond motifs is 4. The minimum atomic E-state index is -5.27. The second kappa shape index (κ2) is 16.1. The highest BCUT2D eigenvalue weighted by molar-refractivity contribution is 7.87. The average molecular weight is 988 g/mol. The van der Waals surface area contributed by atoms with Crippen LogP contribution in [0.15, 0.2) is 75.0 Å². The van der Waals surface area contributed by atoms with Gasteiger partial charge in [-0.15, -0.1) is 0 Å². The van der Waals surface area contributed by atoms with Crippen molar-refractivity contribution < 1.29 is 92.3 Å². The van der Waals surface area contributed by atoms with E-state index in [-0.39, 0.29) is 70.6 Å². The van der Waals surface area contributed by atoms with E-state index in [9.17, 15) is 87.7 Å². The number of carbonyl (C=O) groups is 1. The lowest BCUT2D eigenvalue weighted by atomic mass is 9.78. The molecule has 22 nitrogen and oxygen atoms in total. The second-order valence-electron chi connectivity index (χ2n) is 15.1. The van der Waals surface area contributed by atoms with Crippen molar-refractivity contribution >= 4 is 94.5 Å². The number of carboxylic acid groups (broad SMARTS) is 1. The molecule has 0 aromatic heterocycles. The van der Waals surface area contributed by atoms with E-state index in [0.717, 1.165) is 24.3 Å². The SMILES string of the molecule is CC1(CS(=O)(=O)O)C(/C=C/C=C2/N(CCCS(=O)(=O)O)c3cc(S(=O)(=O)O)cc(C(=O)O)c3C2(C)C)=[N+](CCCS(=O)(=O)O)c2ccc3c(S(=O)(=O)O)cc(S(=O)(=O)O)cc3c21. The fourth-order valence-corrected chi connectivity index (χ4v) is 12.0. The normalized spacial score (nSPS) is 19.2. The third kappa shape index (κ3) is 10.1. The number of anilines is 1. The zero-order valence-corrected chi connectivity index (χ0v) is 37.3. The number of allylic oxidation sites excluding steroid dienone is 4. The summed E-state index contributed by atoms with van der Waals surface area (Å²) in [5.74, 6) is -4.49. The quantitative estimate of drug-likeness (QED) is 0.0799. The second-order valence-corrected chi connectivity index (χ2v) is 24.0. The van der Waals surface area contributed by atoms with Crippen LogP contribution in [0.1, 0.15) is 55.1 Å². The highest BCUT2D eigenvalue weighted by atomic mass is 32.2. The monoisotopic (exact) mass is 987 g/mol. The number of nitrogens with zero attached hydrogens (tertiary/aromatic N) is 2. The summed E-state index contributed by atoms with van der Waals surface area (Å²) in [7, 11) is -29.8. The van der Waals surface area contributed by atoms with E-state index >= 15 is 0 Å². The number of rotatable bonds is 16. The zero-order chi connectivity index (χ0) is 47.0. The summed E-state index contributed by atoms with van der Waals surface area (Å²) < 4.78 is 207. The van der Waals surface area contributed by atoms with Crippen molar-refractivity contribution in [2.45, 2.75) is 59.1 Å². The van der Waals surface area contributed by atoms with Crippen LogP contribution in [0.2, 0.25) is 0 Å². The molecule has 0 spiro atoms. The average Bonchev–Trinajstić information content (AvgIpc) is 3.43. The number of hydrogen-bond acceptors (Lipinski definition) is 14. The van der Waals surface area contributed by atoms with E-state index in [1.165, 1.54) is 54.5 Å². The van der Waals surface area contributed by atoms with Gasteiger partial charge in [0.25, 0.3) is 60.7 Å². The molecule has 0 amide bonds. The van der Waals surface area contributed by atoms with Gasteiger partial charge in [-0.3, -0.25) is 27.3 Å². The van der Waals surface area contributed by atoms with E-state index in [0.29, 0.717) is 6.07 Å². The standard InChI is InChI=1S/C34H38N2O20S6/c1-33(2)28(36(12-6-14-58(42,43)44)26-17-20(60(48,49)50)16-24(30(26)33)32(37)38)7-4-8-29-34(3,19-59(45,46)47)31-23-15-21(61(51,52)53)18-27(62(54,55)56)22(23)9-10-25(31)35(29)11-5-13-57(39,40)41/h4,7-10,15-18H,5-6,11-14,19H2,1-3H3,(H6-,37,38,39,40,41,42,43,44,45,46,47,48,49,50,51,52,53,54,55,56)/p+1. The number of hydrogen-bond donors (Lipinski definition) is 7. The summed E-state index contributed by atoms with van der Waals surface area (Å²) in [5, 5.41) is 9.42. The van der Waals surface area contributed by atoms with Crippen LogP contribution in [0.5, 0.6) is 0 Å². The first-order valence-electron chi connectivity index (χ1n) is 17.6. The highest BCUT2D eigenvalue weighted by Crippen LogP contribution is 2.51. The lowest BCUT2D eigenvalue weighted by molar-refractivity contribution is -0.437. The highest BCUT2D eigenvalue weighted by Gasteiger charge is 2.52. The molecule has 5 rings (SSSR count). The van der Waals surface area contributed by atoms with Crippen molar-refractivity contribution in [3.63, 3.8) is 0 Å². The zero-order valence-electron chi connectivity index (χ0n) is 32.4. The molecule has 1 atom stereocenters. The molecule has 0 bridgehead atoms. The Labute approximate surface area is 356 Å². The predicted octanol–water partition coefficient (Wildman–Crippen LogP) is 2.32. The first-order chi connectivity index (χ1) is 28.0. The molecule has 340 valence electrons. The van der Waals surface area contributed by atoms with Crippen LogP contribution in [-0.4, -0.2) is 130 Å². The Hall–Kier alpha value is -4.20. The molecule has 0 fully saturated rings. The van der Waals surface area contributed by atoms with Crippen LogP contribution in [-0.2, 0) is 71.5 Å². The van der Waals surface area contributed by atoms with E-state index < -0.39 is 115 Å². The molecule has 1 unspecified atom stereocenters. The van der Waals surface area contributed by atoms with Gasteiger partial charge in [0.05, 0.1) is 32.6 Å². The Bertz CT molecular complexity index is 3230. The lowest BCUT2D eigenvalue weighted by Gasteiger charge is -2.27. The number of benzene rings is 3. The Kier molecular flexibility index (Phi) is 12.7. The Morgan fingerprint density at radius 1 is 0.694 bits per heavy atom. The first kappa shape index (κ1) is 48.8. The molecule has 28 heteroatoms. The molecule has 0 radical (unpaired) electrons. The van der Waals surface area contributed by atoms with Crippen molar-refractivity contribution in [1.82, 2.24) is 0 Å². The van der Waals surface area contributed by atoms with Gasteiger partial charge in [-0.05, 0) is 55.1 Å². The van der Waals surface area contributed by atoms with Crippen LogP contribution in [0.4, 0.5) is 11.4 Å². The Morgan fingerprint density at radius 3 is 1.77 bits per heavy atom. The maximum atomic E-state index is 12.8. The number of carboxylic acids is 1. The van der Waals surface area contributed by atoms with Gasteiger partial charge in [0, 0.05) is 58.4 Å². The van der Waals surface area contributed by atoms with E-state index in [1.54, 1.807) is 0 Å². The molecule has 2 aliphatic rings. The molecule has 0 saturated heterocycles. The fraction of sp³-hybridized carbons (Fsp3) is 0.353. The summed E-state index contributed by atoms with van der Waals surface area (Å²) in [4.78, 5) is 10.9. The minimum absolute atomic E-state index is 0.00336. The van der Waals surface area contributed by atoms with E-state index in [1.807, 2.05) is 0 Å². The van der Waals surface area contributed by atoms with Crippen LogP contribution < -0.4 is 4.90 Å². The summed E-state index contributed by atoms with van der Waals surface area (Å²) in [5.41, 5.74) is -4.32. The molecular formula is C34H39N2O20S6+. The predicted molar refractivity (Wildman–Crippen MR) is 220 cm³/mol. The van der Waals surface area contributed by atoms with Gasteiger partial charge in [0.15, 0.2) is 5.71 Å². The topological polar surface area (TPSA) is 370 Å². The van der Waals surface area contributed by atoms with Crippen LogP contribution in [0.25, 0.3) is 10.8 Å². The van der Waals surface area contributed by atoms with Gasteiger partial charge >= 0.3 is 5.97 Å². The van der Waals surface area contributed by atoms with Gasteiger partial charge in [-0.1, -0.05) is 19.9 Å². The maximum absolute atomic E-state index is 12.8. The van der Waals surface area contributed by atoms with Gasteiger partial charge in [0.2, 0.25) is 5.69 Å². The van der Waals surface area contributed by atoms with Gasteiger partial charge in [-0.2, -0.15) is 55.1 Å². The van der Waals surface area contributed by atoms with Crippen molar-refractivity contribution in [2.24, 2.45) is 0 Å². The molecule has 3 aromatic carbocycles. The molecule has 2 heterocycles. The lowest BCUT2D eigenvalue weighted by Crippen LogP contribution is -2.38. The molecular weight excluding hydrogens is 949 g/mol. The molecule has 0 aliphatic carbocycles. The third-order valence-corrected chi connectivity index (χ3v) is 15.4. The van der Waals surface area contributed by atoms with Gasteiger partial charge < -0.3 is 10.0 Å². The van der Waals surface area contributed by atoms with Crippen LogP contribution in [0.3, 0.4) is 0 Å².